The van der Waals surface area contributed by atoms with Crippen molar-refractivity contribution in [1.29, 1.82) is 0 Å². The molecule has 4 aromatic carbocycles. The smallest absolute Gasteiger partial charge is 0.488 e. The van der Waals surface area contributed by atoms with Gasteiger partial charge >= 0.3 is 14.2 Å². The highest BCUT2D eigenvalue weighted by Crippen LogP contribution is 2.15. The molecule has 0 bridgehead atoms. The number of para-hydroxylation sites is 4. The first-order valence-electron chi connectivity index (χ1n) is 11.2. The molecule has 5 rings (SSSR count). The van der Waals surface area contributed by atoms with Gasteiger partial charge in [-0.3, -0.25) is 0 Å². The maximum Gasteiger partial charge on any atom is 0.488 e. The van der Waals surface area contributed by atoms with E-state index in [1.54, 1.807) is 24.3 Å². The van der Waals surface area contributed by atoms with Crippen molar-refractivity contribution in [3.63, 3.8) is 0 Å². The van der Waals surface area contributed by atoms with E-state index in [2.05, 4.69) is 9.13 Å². The van der Waals surface area contributed by atoms with E-state index in [-0.39, 0.29) is 24.8 Å². The zero-order valence-corrected chi connectivity index (χ0v) is 20.8. The van der Waals surface area contributed by atoms with Crippen molar-refractivity contribution >= 4 is 47.2 Å². The normalized spacial score (nSPS) is 10.6. The molecule has 0 aliphatic heterocycles. The predicted octanol–water partition coefficient (Wildman–Crippen LogP) is -5.97. The van der Waals surface area contributed by atoms with Gasteiger partial charge in [0, 0.05) is 35.4 Å². The van der Waals surface area contributed by atoms with Gasteiger partial charge in [-0.15, -0.1) is 0 Å². The highest BCUT2D eigenvalue weighted by atomic mass is 35.5. The number of hydrogen-bond acceptors (Lipinski definition) is 4. The van der Waals surface area contributed by atoms with Crippen LogP contribution in [0.5, 0.6) is 0 Å². The van der Waals surface area contributed by atoms with Crippen LogP contribution in [-0.4, -0.2) is 34.3 Å². The molecule has 36 heavy (non-hydrogen) atoms. The molecule has 0 saturated carbocycles. The van der Waals surface area contributed by atoms with Gasteiger partial charge in [-0.25, -0.2) is 0 Å². The topological polar surface area (TPSA) is 88.7 Å². The van der Waals surface area contributed by atoms with Crippen molar-refractivity contribution < 1.29 is 54.0 Å². The van der Waals surface area contributed by atoms with Crippen LogP contribution >= 0.6 is 0 Å². The lowest BCUT2D eigenvalue weighted by molar-refractivity contribution is -0.675. The van der Waals surface area contributed by atoms with E-state index in [4.69, 9.17) is 0 Å². The van der Waals surface area contributed by atoms with Crippen LogP contribution < -0.4 is 44.9 Å². The van der Waals surface area contributed by atoms with Crippen LogP contribution in [0.15, 0.2) is 97.1 Å². The van der Waals surface area contributed by atoms with Crippen LogP contribution in [0.4, 0.5) is 0 Å². The van der Waals surface area contributed by atoms with E-state index >= 15 is 0 Å². The molecule has 10 heteroatoms. The number of benzene rings is 4. The zero-order chi connectivity index (χ0) is 23.7. The highest BCUT2D eigenvalue weighted by Gasteiger charge is 2.29. The van der Waals surface area contributed by atoms with Crippen LogP contribution in [0, 0.1) is 0 Å². The molecule has 0 amide bonds. The van der Waals surface area contributed by atoms with Crippen molar-refractivity contribution in [2.45, 2.75) is 13.1 Å². The molecule has 0 fully saturated rings. The van der Waals surface area contributed by atoms with Crippen molar-refractivity contribution in [3.05, 3.63) is 108 Å². The van der Waals surface area contributed by atoms with E-state index in [1.807, 2.05) is 72.8 Å². The average Bonchev–Trinajstić information content (AvgIpc) is 2.86. The molecule has 4 N–H and O–H groups in total. The fourth-order valence-electron chi connectivity index (χ4n) is 4.64. The summed E-state index contributed by atoms with van der Waals surface area (Å²) in [5, 5.41) is 39.6. The average molecular weight is 521 g/mol. The standard InChI is InChI=1S/C26H24B2N2O4.2ClH/c31-27(32)21-11-3-1-9-19(21)17-29-23-13-5-7-15-25(23)30(26-16-8-6-14-24(26)29)18-20-10-2-4-12-22(20)28(33)34;;/h1-16,31-34H,17-18H2;2*1H/q+2;;/p-2. The molecule has 0 unspecified atom stereocenters. The first-order chi connectivity index (χ1) is 16.5. The summed E-state index contributed by atoms with van der Waals surface area (Å²) in [5.74, 6) is 0. The Kier molecular flexibility index (Phi) is 9.08. The van der Waals surface area contributed by atoms with Gasteiger partial charge in [0.2, 0.25) is 0 Å². The lowest BCUT2D eigenvalue weighted by Gasteiger charge is -2.11. The zero-order valence-electron chi connectivity index (χ0n) is 19.2. The largest absolute Gasteiger partial charge is 1.00 e. The lowest BCUT2D eigenvalue weighted by atomic mass is 9.77. The number of aromatic nitrogens is 2. The van der Waals surface area contributed by atoms with Gasteiger partial charge in [0.15, 0.2) is 13.1 Å². The molecule has 0 aliphatic carbocycles. The highest BCUT2D eigenvalue weighted by molar-refractivity contribution is 6.59. The quantitative estimate of drug-likeness (QED) is 0.102. The number of nitrogens with zero attached hydrogens (tertiary/aromatic N) is 2. The fraction of sp³-hybridized carbons (Fsp3) is 0.0769. The summed E-state index contributed by atoms with van der Waals surface area (Å²) in [6.07, 6.45) is 0. The molecule has 0 saturated heterocycles. The van der Waals surface area contributed by atoms with E-state index < -0.39 is 14.2 Å². The molecule has 182 valence electrons. The Balaban J connectivity index is 0.00000180. The monoisotopic (exact) mass is 520 g/mol. The number of rotatable bonds is 6. The molecule has 0 spiro atoms. The summed E-state index contributed by atoms with van der Waals surface area (Å²) in [6, 6.07) is 30.8. The van der Waals surface area contributed by atoms with E-state index in [0.29, 0.717) is 24.0 Å². The lowest BCUT2D eigenvalue weighted by Crippen LogP contribution is -3.00. The van der Waals surface area contributed by atoms with Gasteiger partial charge in [0.1, 0.15) is 0 Å². The summed E-state index contributed by atoms with van der Waals surface area (Å²) in [6.45, 7) is 0.920. The van der Waals surface area contributed by atoms with Crippen LogP contribution in [0.25, 0.3) is 22.1 Å². The molecule has 0 radical (unpaired) electrons. The second-order valence-corrected chi connectivity index (χ2v) is 8.29. The third-order valence-electron chi connectivity index (χ3n) is 6.25. The first kappa shape index (κ1) is 27.6. The fourth-order valence-corrected chi connectivity index (χ4v) is 4.64. The van der Waals surface area contributed by atoms with Gasteiger partial charge in [0.05, 0.1) is 0 Å². The maximum absolute atomic E-state index is 9.89. The molecule has 0 aliphatic rings. The van der Waals surface area contributed by atoms with Crippen LogP contribution in [-0.2, 0) is 13.1 Å². The Morgan fingerprint density at radius 1 is 0.444 bits per heavy atom. The van der Waals surface area contributed by atoms with Crippen molar-refractivity contribution in [1.82, 2.24) is 0 Å². The van der Waals surface area contributed by atoms with Crippen molar-refractivity contribution in [3.8, 4) is 0 Å². The summed E-state index contributed by atoms with van der Waals surface area (Å²) < 4.78 is 4.35. The minimum atomic E-state index is -1.55. The Morgan fingerprint density at radius 3 is 1.03 bits per heavy atom. The Hall–Kier alpha value is -2.97. The van der Waals surface area contributed by atoms with Gasteiger partial charge in [0.25, 0.3) is 22.1 Å². The minimum absolute atomic E-state index is 0. The van der Waals surface area contributed by atoms with Gasteiger partial charge in [-0.1, -0.05) is 72.8 Å². The van der Waals surface area contributed by atoms with Gasteiger partial charge in [-0.2, -0.15) is 9.13 Å². The predicted molar refractivity (Wildman–Crippen MR) is 133 cm³/mol. The molecule has 6 nitrogen and oxygen atoms in total. The summed E-state index contributed by atoms with van der Waals surface area (Å²) in [7, 11) is -3.10. The van der Waals surface area contributed by atoms with Crippen LogP contribution in [0.1, 0.15) is 11.1 Å². The molecular formula is C26H24B2Cl2N2O4. The Bertz CT molecular complexity index is 1330. The minimum Gasteiger partial charge on any atom is -1.00 e. The SMILES string of the molecule is OB(O)c1ccccc1C[n+]1c2ccccc2[n+](Cc2ccccc2B(O)O)c2ccccc21.[Cl-].[Cl-]. The van der Waals surface area contributed by atoms with E-state index in [9.17, 15) is 20.1 Å². The molecule has 5 aromatic rings. The van der Waals surface area contributed by atoms with Crippen LogP contribution in [0.2, 0.25) is 0 Å². The van der Waals surface area contributed by atoms with Crippen molar-refractivity contribution in [2.75, 3.05) is 0 Å². The Morgan fingerprint density at radius 2 is 0.722 bits per heavy atom. The first-order valence-corrected chi connectivity index (χ1v) is 11.2. The molecule has 0 atom stereocenters. The third kappa shape index (κ3) is 5.25. The second kappa shape index (κ2) is 11.8. The van der Waals surface area contributed by atoms with Gasteiger partial charge in [-0.05, 0) is 10.9 Å². The summed E-state index contributed by atoms with van der Waals surface area (Å²) in [4.78, 5) is 0. The summed E-state index contributed by atoms with van der Waals surface area (Å²) in [5.41, 5.74) is 6.51. The molecular weight excluding hydrogens is 497 g/mol. The third-order valence-corrected chi connectivity index (χ3v) is 6.25. The van der Waals surface area contributed by atoms with Crippen molar-refractivity contribution in [2.24, 2.45) is 0 Å². The van der Waals surface area contributed by atoms with E-state index in [0.717, 1.165) is 33.2 Å². The number of fused-ring (bicyclic) bond motifs is 2. The van der Waals surface area contributed by atoms with Gasteiger partial charge < -0.3 is 44.9 Å². The summed E-state index contributed by atoms with van der Waals surface area (Å²) >= 11 is 0. The number of hydrogen-bond donors (Lipinski definition) is 4. The second-order valence-electron chi connectivity index (χ2n) is 8.29. The Labute approximate surface area is 222 Å². The molecule has 1 aromatic heterocycles. The van der Waals surface area contributed by atoms with Crippen LogP contribution in [0.3, 0.4) is 0 Å². The van der Waals surface area contributed by atoms with E-state index in [1.165, 1.54) is 0 Å². The number of halogens is 2. The maximum atomic E-state index is 9.89. The molecule has 1 heterocycles.